The summed E-state index contributed by atoms with van der Waals surface area (Å²) in [6.45, 7) is 3.01. The quantitative estimate of drug-likeness (QED) is 0.429. The van der Waals surface area contributed by atoms with E-state index in [2.05, 4.69) is 5.32 Å². The van der Waals surface area contributed by atoms with Crippen molar-refractivity contribution >= 4 is 43.1 Å². The van der Waals surface area contributed by atoms with Crippen molar-refractivity contribution in [2.45, 2.75) is 29.7 Å². The molecule has 192 valence electrons. The zero-order valence-electron chi connectivity index (χ0n) is 20.2. The van der Waals surface area contributed by atoms with Crippen molar-refractivity contribution in [2.24, 2.45) is 0 Å². The van der Waals surface area contributed by atoms with Gasteiger partial charge in [-0.25, -0.2) is 16.8 Å². The van der Waals surface area contributed by atoms with Gasteiger partial charge in [-0.3, -0.25) is 9.10 Å². The number of anilines is 1. The van der Waals surface area contributed by atoms with E-state index >= 15 is 0 Å². The van der Waals surface area contributed by atoms with Crippen LogP contribution in [0.5, 0.6) is 5.75 Å². The monoisotopic (exact) mass is 550 g/mol. The van der Waals surface area contributed by atoms with E-state index in [1.807, 2.05) is 6.92 Å². The van der Waals surface area contributed by atoms with Gasteiger partial charge in [-0.05, 0) is 61.9 Å². The summed E-state index contributed by atoms with van der Waals surface area (Å²) in [6.07, 6.45) is 1.11. The molecule has 11 heteroatoms. The SMILES string of the molecule is COc1ccc(Cl)cc1N(CC(=O)N[C@H](C)c1ccc(S(C)(=O)=O)cc1)S(=O)(=O)c1ccc(C)cc1. The summed E-state index contributed by atoms with van der Waals surface area (Å²) in [7, 11) is -6.13. The van der Waals surface area contributed by atoms with Gasteiger partial charge in [0.25, 0.3) is 10.0 Å². The summed E-state index contributed by atoms with van der Waals surface area (Å²) in [5.74, 6) is -0.347. The number of hydrogen-bond donors (Lipinski definition) is 1. The van der Waals surface area contributed by atoms with Gasteiger partial charge in [-0.2, -0.15) is 0 Å². The molecule has 3 aromatic rings. The first-order chi connectivity index (χ1) is 16.8. The van der Waals surface area contributed by atoms with Gasteiger partial charge >= 0.3 is 0 Å². The van der Waals surface area contributed by atoms with Gasteiger partial charge < -0.3 is 10.1 Å². The van der Waals surface area contributed by atoms with Gasteiger partial charge in [-0.1, -0.05) is 41.4 Å². The molecule has 3 aromatic carbocycles. The van der Waals surface area contributed by atoms with E-state index in [4.69, 9.17) is 16.3 Å². The minimum atomic E-state index is -4.17. The minimum Gasteiger partial charge on any atom is -0.495 e. The van der Waals surface area contributed by atoms with Gasteiger partial charge in [0.1, 0.15) is 12.3 Å². The first-order valence-corrected chi connectivity index (χ1v) is 14.6. The molecule has 0 aromatic heterocycles. The van der Waals surface area contributed by atoms with Crippen molar-refractivity contribution in [2.75, 3.05) is 24.2 Å². The Morgan fingerprint density at radius 2 is 1.56 bits per heavy atom. The highest BCUT2D eigenvalue weighted by molar-refractivity contribution is 7.93. The first kappa shape index (κ1) is 27.5. The Balaban J connectivity index is 1.93. The zero-order chi connectivity index (χ0) is 26.7. The Kier molecular flexibility index (Phi) is 8.33. The second-order valence-corrected chi connectivity index (χ2v) is 12.6. The van der Waals surface area contributed by atoms with Gasteiger partial charge in [-0.15, -0.1) is 0 Å². The third-order valence-electron chi connectivity index (χ3n) is 5.49. The van der Waals surface area contributed by atoms with Crippen LogP contribution in [0.15, 0.2) is 76.5 Å². The number of carbonyl (C=O) groups excluding carboxylic acids is 1. The van der Waals surface area contributed by atoms with Gasteiger partial charge in [0.15, 0.2) is 9.84 Å². The lowest BCUT2D eigenvalue weighted by molar-refractivity contribution is -0.120. The van der Waals surface area contributed by atoms with E-state index in [9.17, 15) is 21.6 Å². The third kappa shape index (κ3) is 6.37. The maximum absolute atomic E-state index is 13.6. The second-order valence-electron chi connectivity index (χ2n) is 8.27. The van der Waals surface area contributed by atoms with E-state index in [-0.39, 0.29) is 26.3 Å². The number of halogens is 1. The zero-order valence-corrected chi connectivity index (χ0v) is 22.6. The summed E-state index contributed by atoms with van der Waals surface area (Å²) >= 11 is 6.16. The standard InChI is InChI=1S/C25H27ClN2O6S2/c1-17-5-10-22(11-6-17)36(32,33)28(23-15-20(26)9-14-24(23)34-3)16-25(29)27-18(2)19-7-12-21(13-8-19)35(4,30)31/h5-15,18H,16H2,1-4H3,(H,27,29)/t18-/m1/s1. The lowest BCUT2D eigenvalue weighted by Gasteiger charge is -2.26. The summed E-state index contributed by atoms with van der Waals surface area (Å²) in [5.41, 5.74) is 1.66. The number of amides is 1. The third-order valence-corrected chi connectivity index (χ3v) is 8.63. The summed E-state index contributed by atoms with van der Waals surface area (Å²) in [6, 6.07) is 16.4. The fourth-order valence-corrected chi connectivity index (χ4v) is 5.72. The number of rotatable bonds is 9. The Bertz CT molecular complexity index is 1460. The summed E-state index contributed by atoms with van der Waals surface area (Å²) in [4.78, 5) is 13.2. The van der Waals surface area contributed by atoms with Gasteiger partial charge in [0, 0.05) is 11.3 Å². The number of carbonyl (C=O) groups is 1. The fourth-order valence-electron chi connectivity index (χ4n) is 3.50. The van der Waals surface area contributed by atoms with Crippen LogP contribution < -0.4 is 14.4 Å². The van der Waals surface area contributed by atoms with E-state index in [0.29, 0.717) is 5.56 Å². The average molecular weight is 551 g/mol. The number of nitrogens with one attached hydrogen (secondary N) is 1. The number of benzene rings is 3. The number of sulfonamides is 1. The topological polar surface area (TPSA) is 110 Å². The first-order valence-electron chi connectivity index (χ1n) is 10.9. The van der Waals surface area contributed by atoms with Crippen LogP contribution in [-0.4, -0.2) is 42.7 Å². The molecule has 0 saturated carbocycles. The molecular formula is C25H27ClN2O6S2. The van der Waals surface area contributed by atoms with Crippen LogP contribution in [0.3, 0.4) is 0 Å². The molecule has 0 aliphatic heterocycles. The highest BCUT2D eigenvalue weighted by atomic mass is 35.5. The van der Waals surface area contributed by atoms with E-state index in [1.165, 1.54) is 43.5 Å². The van der Waals surface area contributed by atoms with Gasteiger partial charge in [0.2, 0.25) is 5.91 Å². The summed E-state index contributed by atoms with van der Waals surface area (Å²) in [5, 5.41) is 3.04. The van der Waals surface area contributed by atoms with Crippen molar-refractivity contribution in [3.63, 3.8) is 0 Å². The smallest absolute Gasteiger partial charge is 0.264 e. The molecule has 0 radical (unpaired) electrons. The Labute approximate surface area is 216 Å². The maximum Gasteiger partial charge on any atom is 0.264 e. The molecule has 0 aliphatic rings. The second kappa shape index (κ2) is 10.9. The molecule has 0 spiro atoms. The van der Waals surface area contributed by atoms with Crippen LogP contribution in [-0.2, 0) is 24.7 Å². The lowest BCUT2D eigenvalue weighted by atomic mass is 10.1. The van der Waals surface area contributed by atoms with Crippen molar-refractivity contribution in [1.29, 1.82) is 0 Å². The van der Waals surface area contributed by atoms with Gasteiger partial charge in [0.05, 0.1) is 28.6 Å². The highest BCUT2D eigenvalue weighted by Gasteiger charge is 2.30. The van der Waals surface area contributed by atoms with Crippen LogP contribution in [0.2, 0.25) is 5.02 Å². The molecule has 8 nitrogen and oxygen atoms in total. The summed E-state index contributed by atoms with van der Waals surface area (Å²) < 4.78 is 57.0. The van der Waals surface area contributed by atoms with Crippen LogP contribution in [0.4, 0.5) is 5.69 Å². The van der Waals surface area contributed by atoms with Crippen molar-refractivity contribution in [1.82, 2.24) is 5.32 Å². The van der Waals surface area contributed by atoms with Crippen LogP contribution in [0, 0.1) is 6.92 Å². The molecule has 0 fully saturated rings. The molecule has 1 amide bonds. The molecule has 0 saturated heterocycles. The maximum atomic E-state index is 13.6. The van der Waals surface area contributed by atoms with Crippen molar-refractivity contribution < 1.29 is 26.4 Å². The number of hydrogen-bond acceptors (Lipinski definition) is 6. The number of ether oxygens (including phenoxy) is 1. The van der Waals surface area contributed by atoms with Crippen LogP contribution in [0.25, 0.3) is 0 Å². The van der Waals surface area contributed by atoms with E-state index < -0.39 is 38.4 Å². The molecule has 0 heterocycles. The minimum absolute atomic E-state index is 0.00680. The molecule has 0 aliphatic carbocycles. The molecule has 36 heavy (non-hydrogen) atoms. The Morgan fingerprint density at radius 1 is 0.972 bits per heavy atom. The number of sulfone groups is 1. The number of methoxy groups -OCH3 is 1. The Morgan fingerprint density at radius 3 is 2.11 bits per heavy atom. The number of aryl methyl sites for hydroxylation is 1. The van der Waals surface area contributed by atoms with E-state index in [0.717, 1.165) is 16.1 Å². The molecule has 0 bridgehead atoms. The van der Waals surface area contributed by atoms with Crippen molar-refractivity contribution in [3.8, 4) is 5.75 Å². The molecule has 3 rings (SSSR count). The number of nitrogens with zero attached hydrogens (tertiary/aromatic N) is 1. The van der Waals surface area contributed by atoms with Crippen molar-refractivity contribution in [3.05, 3.63) is 82.9 Å². The molecule has 0 unspecified atom stereocenters. The predicted octanol–water partition coefficient (Wildman–Crippen LogP) is 4.13. The predicted molar refractivity (Wildman–Crippen MR) is 140 cm³/mol. The molecule has 1 atom stereocenters. The van der Waals surface area contributed by atoms with E-state index in [1.54, 1.807) is 37.3 Å². The van der Waals surface area contributed by atoms with Crippen LogP contribution in [0.1, 0.15) is 24.1 Å². The average Bonchev–Trinajstić information content (AvgIpc) is 2.82. The normalized spacial score (nSPS) is 12.6. The molecule has 1 N–H and O–H groups in total. The fraction of sp³-hybridized carbons (Fsp3) is 0.240. The Hall–Kier alpha value is -3.08. The largest absolute Gasteiger partial charge is 0.495 e. The molecular weight excluding hydrogens is 524 g/mol. The van der Waals surface area contributed by atoms with Crippen LogP contribution >= 0.6 is 11.6 Å². The lowest BCUT2D eigenvalue weighted by Crippen LogP contribution is -2.41. The highest BCUT2D eigenvalue weighted by Crippen LogP contribution is 2.35.